The molecule has 1 aromatic carbocycles. The van der Waals surface area contributed by atoms with Crippen molar-refractivity contribution in [1.82, 2.24) is 9.55 Å². The quantitative estimate of drug-likeness (QED) is 0.903. The number of benzene rings is 1. The maximum Gasteiger partial charge on any atom is 0.121 e. The van der Waals surface area contributed by atoms with Crippen molar-refractivity contribution in [2.24, 2.45) is 5.73 Å². The van der Waals surface area contributed by atoms with E-state index in [9.17, 15) is 0 Å². The maximum atomic E-state index is 5.89. The van der Waals surface area contributed by atoms with Crippen LogP contribution >= 0.6 is 0 Å². The summed E-state index contributed by atoms with van der Waals surface area (Å²) in [5, 5.41) is 0. The van der Waals surface area contributed by atoms with Crippen LogP contribution in [0.4, 0.5) is 0 Å². The van der Waals surface area contributed by atoms with Crippen molar-refractivity contribution in [2.45, 2.75) is 39.3 Å². The molecule has 0 aliphatic carbocycles. The average Bonchev–Trinajstić information content (AvgIpc) is 2.64. The van der Waals surface area contributed by atoms with Gasteiger partial charge in [0.15, 0.2) is 0 Å². The molecule has 0 fully saturated rings. The molecule has 0 radical (unpaired) electrons. The van der Waals surface area contributed by atoms with Crippen molar-refractivity contribution in [1.29, 1.82) is 0 Å². The van der Waals surface area contributed by atoms with Crippen LogP contribution in [-0.4, -0.2) is 22.7 Å². The van der Waals surface area contributed by atoms with E-state index in [0.29, 0.717) is 6.04 Å². The third-order valence-electron chi connectivity index (χ3n) is 2.99. The minimum Gasteiger partial charge on any atom is -0.497 e. The monoisotopic (exact) mass is 247 g/mol. The van der Waals surface area contributed by atoms with Crippen LogP contribution in [-0.2, 0) is 6.42 Å². The molecule has 1 atom stereocenters. The van der Waals surface area contributed by atoms with E-state index in [1.54, 1.807) is 7.11 Å². The van der Waals surface area contributed by atoms with Crippen molar-refractivity contribution in [3.63, 3.8) is 0 Å². The van der Waals surface area contributed by atoms with Gasteiger partial charge < -0.3 is 15.0 Å². The Morgan fingerprint density at radius 1 is 1.33 bits per heavy atom. The van der Waals surface area contributed by atoms with Gasteiger partial charge in [-0.15, -0.1) is 0 Å². The first-order valence-corrected chi connectivity index (χ1v) is 6.33. The van der Waals surface area contributed by atoms with Crippen LogP contribution < -0.4 is 10.5 Å². The molecule has 0 amide bonds. The third kappa shape index (κ3) is 2.34. The zero-order chi connectivity index (χ0) is 13.3. The number of methoxy groups -OCH3 is 1. The summed E-state index contributed by atoms with van der Waals surface area (Å²) in [7, 11) is 1.67. The van der Waals surface area contributed by atoms with Gasteiger partial charge in [-0.25, -0.2) is 4.98 Å². The number of hydrogen-bond acceptors (Lipinski definition) is 3. The predicted octanol–water partition coefficient (Wildman–Crippen LogP) is 2.52. The van der Waals surface area contributed by atoms with Crippen molar-refractivity contribution >= 4 is 11.0 Å². The first-order valence-electron chi connectivity index (χ1n) is 6.33. The lowest BCUT2D eigenvalue weighted by atomic mass is 10.2. The molecule has 18 heavy (non-hydrogen) atoms. The second-order valence-corrected chi connectivity index (χ2v) is 5.03. The topological polar surface area (TPSA) is 53.1 Å². The van der Waals surface area contributed by atoms with E-state index in [0.717, 1.165) is 29.0 Å². The number of aromatic nitrogens is 2. The van der Waals surface area contributed by atoms with Crippen LogP contribution in [0.3, 0.4) is 0 Å². The smallest absolute Gasteiger partial charge is 0.121 e. The standard InChI is InChI=1S/C14H21N3O/c1-9(2)17-13-6-5-11(18-4)8-12(13)16-14(17)7-10(3)15/h5-6,8-10H,7,15H2,1-4H3. The summed E-state index contributed by atoms with van der Waals surface area (Å²) in [4.78, 5) is 4.69. The lowest BCUT2D eigenvalue weighted by molar-refractivity contribution is 0.415. The van der Waals surface area contributed by atoms with Gasteiger partial charge in [-0.05, 0) is 32.9 Å². The summed E-state index contributed by atoms with van der Waals surface area (Å²) in [5.41, 5.74) is 8.00. The molecular weight excluding hydrogens is 226 g/mol. The van der Waals surface area contributed by atoms with Crippen molar-refractivity contribution in [2.75, 3.05) is 7.11 Å². The molecule has 0 spiro atoms. The fraction of sp³-hybridized carbons (Fsp3) is 0.500. The zero-order valence-corrected chi connectivity index (χ0v) is 11.5. The van der Waals surface area contributed by atoms with E-state index in [1.165, 1.54) is 0 Å². The molecule has 98 valence electrons. The molecule has 0 aliphatic rings. The average molecular weight is 247 g/mol. The van der Waals surface area contributed by atoms with Crippen LogP contribution in [0, 0.1) is 0 Å². The van der Waals surface area contributed by atoms with E-state index in [2.05, 4.69) is 29.5 Å². The highest BCUT2D eigenvalue weighted by molar-refractivity contribution is 5.78. The van der Waals surface area contributed by atoms with Crippen molar-refractivity contribution < 1.29 is 4.74 Å². The van der Waals surface area contributed by atoms with Crippen LogP contribution in [0.2, 0.25) is 0 Å². The number of rotatable bonds is 4. The first-order chi connectivity index (χ1) is 8.52. The lowest BCUT2D eigenvalue weighted by Crippen LogP contribution is -2.21. The van der Waals surface area contributed by atoms with Gasteiger partial charge in [0.2, 0.25) is 0 Å². The van der Waals surface area contributed by atoms with E-state index in [4.69, 9.17) is 10.5 Å². The Hall–Kier alpha value is -1.55. The minimum atomic E-state index is 0.112. The Labute approximate surface area is 108 Å². The van der Waals surface area contributed by atoms with Gasteiger partial charge in [0.05, 0.1) is 18.1 Å². The van der Waals surface area contributed by atoms with Gasteiger partial charge in [0.25, 0.3) is 0 Å². The highest BCUT2D eigenvalue weighted by atomic mass is 16.5. The molecule has 0 aliphatic heterocycles. The number of ether oxygens (including phenoxy) is 1. The maximum absolute atomic E-state index is 5.89. The molecule has 2 aromatic rings. The highest BCUT2D eigenvalue weighted by Gasteiger charge is 2.14. The summed E-state index contributed by atoms with van der Waals surface area (Å²) >= 11 is 0. The SMILES string of the molecule is COc1ccc2c(c1)nc(CC(C)N)n2C(C)C. The largest absolute Gasteiger partial charge is 0.497 e. The number of fused-ring (bicyclic) bond motifs is 1. The van der Waals surface area contributed by atoms with Gasteiger partial charge in [-0.3, -0.25) is 0 Å². The summed E-state index contributed by atoms with van der Waals surface area (Å²) in [6.07, 6.45) is 0.787. The molecule has 0 saturated carbocycles. The summed E-state index contributed by atoms with van der Waals surface area (Å²) < 4.78 is 7.49. The number of nitrogens with two attached hydrogens (primary N) is 1. The minimum absolute atomic E-state index is 0.112. The Bertz CT molecular complexity index is 543. The normalized spacial score (nSPS) is 13.2. The molecule has 2 N–H and O–H groups in total. The first kappa shape index (κ1) is 12.9. The Balaban J connectivity index is 2.58. The Morgan fingerprint density at radius 2 is 2.06 bits per heavy atom. The lowest BCUT2D eigenvalue weighted by Gasteiger charge is -2.14. The van der Waals surface area contributed by atoms with E-state index in [-0.39, 0.29) is 6.04 Å². The predicted molar refractivity (Wildman–Crippen MR) is 74.0 cm³/mol. The summed E-state index contributed by atoms with van der Waals surface area (Å²) in [6.45, 7) is 6.33. The molecule has 0 saturated heterocycles. The molecule has 1 heterocycles. The van der Waals surface area contributed by atoms with Crippen LogP contribution in [0.1, 0.15) is 32.6 Å². The fourth-order valence-electron chi connectivity index (χ4n) is 2.26. The molecular formula is C14H21N3O. The number of imidazole rings is 1. The van der Waals surface area contributed by atoms with Gasteiger partial charge in [-0.2, -0.15) is 0 Å². The second-order valence-electron chi connectivity index (χ2n) is 5.03. The van der Waals surface area contributed by atoms with Crippen LogP contribution in [0.25, 0.3) is 11.0 Å². The number of nitrogens with zero attached hydrogens (tertiary/aromatic N) is 2. The van der Waals surface area contributed by atoms with E-state index < -0.39 is 0 Å². The van der Waals surface area contributed by atoms with Gasteiger partial charge in [0, 0.05) is 24.6 Å². The molecule has 4 nitrogen and oxygen atoms in total. The van der Waals surface area contributed by atoms with Gasteiger partial charge >= 0.3 is 0 Å². The second kappa shape index (κ2) is 4.98. The molecule has 0 bridgehead atoms. The fourth-order valence-corrected chi connectivity index (χ4v) is 2.26. The Morgan fingerprint density at radius 3 is 2.61 bits per heavy atom. The zero-order valence-electron chi connectivity index (χ0n) is 11.5. The molecule has 2 rings (SSSR count). The third-order valence-corrected chi connectivity index (χ3v) is 2.99. The van der Waals surface area contributed by atoms with Gasteiger partial charge in [0.1, 0.15) is 11.6 Å². The Kier molecular flexibility index (Phi) is 3.57. The molecule has 1 unspecified atom stereocenters. The van der Waals surface area contributed by atoms with Crippen molar-refractivity contribution in [3.05, 3.63) is 24.0 Å². The molecule has 4 heteroatoms. The molecule has 1 aromatic heterocycles. The van der Waals surface area contributed by atoms with Crippen molar-refractivity contribution in [3.8, 4) is 5.75 Å². The van der Waals surface area contributed by atoms with E-state index in [1.807, 2.05) is 19.1 Å². The van der Waals surface area contributed by atoms with Gasteiger partial charge in [-0.1, -0.05) is 0 Å². The van der Waals surface area contributed by atoms with E-state index >= 15 is 0 Å². The van der Waals surface area contributed by atoms with Crippen LogP contribution in [0.15, 0.2) is 18.2 Å². The van der Waals surface area contributed by atoms with Crippen LogP contribution in [0.5, 0.6) is 5.75 Å². The number of hydrogen-bond donors (Lipinski definition) is 1. The summed E-state index contributed by atoms with van der Waals surface area (Å²) in [6, 6.07) is 6.49. The highest BCUT2D eigenvalue weighted by Crippen LogP contribution is 2.25. The summed E-state index contributed by atoms with van der Waals surface area (Å²) in [5.74, 6) is 1.88.